The maximum atomic E-state index is 12.6. The lowest BCUT2D eigenvalue weighted by molar-refractivity contribution is -0.121. The molecule has 1 aromatic carbocycles. The molecule has 0 aliphatic carbocycles. The maximum Gasteiger partial charge on any atom is 0.277 e. The van der Waals surface area contributed by atoms with Gasteiger partial charge in [0.1, 0.15) is 12.3 Å². The number of piperazine rings is 1. The Morgan fingerprint density at radius 2 is 2.00 bits per heavy atom. The van der Waals surface area contributed by atoms with Gasteiger partial charge in [-0.2, -0.15) is 0 Å². The van der Waals surface area contributed by atoms with E-state index in [1.54, 1.807) is 35.2 Å². The van der Waals surface area contributed by atoms with Gasteiger partial charge in [0.15, 0.2) is 5.69 Å². The number of hydrogen-bond donors (Lipinski definition) is 1. The monoisotopic (exact) mass is 345 g/mol. The second kappa shape index (κ2) is 6.49. The average molecular weight is 346 g/mol. The standard InChI is InChI=1S/C17H16ClN3O3/c1-11-9-21(13-6-4-12(18)5-7-13)15(23)10-20(11)17(24)16-14(22)3-2-8-19-16/h2-8,11,22H,9-10H2,1H3/t11-/m1/s1. The van der Waals surface area contributed by atoms with Crippen LogP contribution in [0.5, 0.6) is 5.75 Å². The van der Waals surface area contributed by atoms with Crippen molar-refractivity contribution in [3.8, 4) is 5.75 Å². The molecule has 0 spiro atoms. The van der Waals surface area contributed by atoms with Crippen molar-refractivity contribution in [1.29, 1.82) is 0 Å². The predicted molar refractivity (Wildman–Crippen MR) is 90.2 cm³/mol. The SMILES string of the molecule is C[C@@H]1CN(c2ccc(Cl)cc2)C(=O)CN1C(=O)c1ncccc1O. The fourth-order valence-electron chi connectivity index (χ4n) is 2.69. The Morgan fingerprint density at radius 3 is 2.67 bits per heavy atom. The molecule has 0 saturated carbocycles. The van der Waals surface area contributed by atoms with E-state index in [1.165, 1.54) is 17.2 Å². The number of aromatic nitrogens is 1. The van der Waals surface area contributed by atoms with Gasteiger partial charge in [-0.15, -0.1) is 0 Å². The van der Waals surface area contributed by atoms with Crippen LogP contribution in [0.4, 0.5) is 5.69 Å². The van der Waals surface area contributed by atoms with Crippen molar-refractivity contribution in [2.45, 2.75) is 13.0 Å². The van der Waals surface area contributed by atoms with Crippen LogP contribution >= 0.6 is 11.6 Å². The third-order valence-electron chi connectivity index (χ3n) is 3.97. The first-order chi connectivity index (χ1) is 11.5. The van der Waals surface area contributed by atoms with Crippen LogP contribution in [-0.2, 0) is 4.79 Å². The Balaban J connectivity index is 1.81. The van der Waals surface area contributed by atoms with Crippen LogP contribution in [-0.4, -0.2) is 45.9 Å². The summed E-state index contributed by atoms with van der Waals surface area (Å²) in [6.45, 7) is 2.14. The Labute approximate surface area is 144 Å². The first-order valence-corrected chi connectivity index (χ1v) is 7.86. The van der Waals surface area contributed by atoms with Crippen molar-refractivity contribution in [2.24, 2.45) is 0 Å². The zero-order valence-electron chi connectivity index (χ0n) is 13.0. The molecule has 2 heterocycles. The molecule has 1 N–H and O–H groups in total. The molecule has 1 aliphatic rings. The summed E-state index contributed by atoms with van der Waals surface area (Å²) in [4.78, 5) is 32.0. The van der Waals surface area contributed by atoms with Crippen molar-refractivity contribution in [3.05, 3.63) is 53.3 Å². The number of halogens is 1. The largest absolute Gasteiger partial charge is 0.505 e. The van der Waals surface area contributed by atoms with E-state index in [1.807, 2.05) is 6.92 Å². The van der Waals surface area contributed by atoms with Crippen molar-refractivity contribution < 1.29 is 14.7 Å². The predicted octanol–water partition coefficient (Wildman–Crippen LogP) is 2.32. The quantitative estimate of drug-likeness (QED) is 0.906. The summed E-state index contributed by atoms with van der Waals surface area (Å²) in [5.41, 5.74) is 0.695. The fourth-order valence-corrected chi connectivity index (χ4v) is 2.82. The number of benzene rings is 1. The third-order valence-corrected chi connectivity index (χ3v) is 4.23. The molecule has 6 nitrogen and oxygen atoms in total. The number of carbonyl (C=O) groups excluding carboxylic acids is 2. The molecule has 0 bridgehead atoms. The lowest BCUT2D eigenvalue weighted by Crippen LogP contribution is -2.57. The first kappa shape index (κ1) is 16.3. The van der Waals surface area contributed by atoms with Crippen LogP contribution in [0.2, 0.25) is 5.02 Å². The smallest absolute Gasteiger partial charge is 0.277 e. The van der Waals surface area contributed by atoms with Gasteiger partial charge in [0.05, 0.1) is 0 Å². The van der Waals surface area contributed by atoms with Crippen molar-refractivity contribution >= 4 is 29.1 Å². The molecule has 1 aromatic heterocycles. The molecule has 124 valence electrons. The van der Waals surface area contributed by atoms with Crippen LogP contribution in [0.3, 0.4) is 0 Å². The molecule has 24 heavy (non-hydrogen) atoms. The molecule has 1 atom stereocenters. The van der Waals surface area contributed by atoms with Gasteiger partial charge in [0.25, 0.3) is 5.91 Å². The Bertz CT molecular complexity index is 779. The molecule has 1 aliphatic heterocycles. The summed E-state index contributed by atoms with van der Waals surface area (Å²) in [5.74, 6) is -0.842. The van der Waals surface area contributed by atoms with Gasteiger partial charge in [-0.1, -0.05) is 11.6 Å². The normalized spacial score (nSPS) is 17.9. The fraction of sp³-hybridized carbons (Fsp3) is 0.235. The minimum absolute atomic E-state index is 0.0444. The summed E-state index contributed by atoms with van der Waals surface area (Å²) in [5, 5.41) is 10.4. The third kappa shape index (κ3) is 3.05. The summed E-state index contributed by atoms with van der Waals surface area (Å²) >= 11 is 5.88. The van der Waals surface area contributed by atoms with Gasteiger partial charge < -0.3 is 14.9 Å². The lowest BCUT2D eigenvalue weighted by Gasteiger charge is -2.39. The highest BCUT2D eigenvalue weighted by atomic mass is 35.5. The number of rotatable bonds is 2. The number of hydrogen-bond acceptors (Lipinski definition) is 4. The molecule has 0 unspecified atom stereocenters. The van der Waals surface area contributed by atoms with E-state index in [0.29, 0.717) is 11.6 Å². The van der Waals surface area contributed by atoms with Gasteiger partial charge in [0, 0.05) is 29.5 Å². The van der Waals surface area contributed by atoms with Crippen LogP contribution in [0, 0.1) is 0 Å². The lowest BCUT2D eigenvalue weighted by atomic mass is 10.1. The second-order valence-corrected chi connectivity index (χ2v) is 6.07. The maximum absolute atomic E-state index is 12.6. The molecule has 1 fully saturated rings. The summed E-state index contributed by atoms with van der Waals surface area (Å²) in [7, 11) is 0. The van der Waals surface area contributed by atoms with Gasteiger partial charge >= 0.3 is 0 Å². The molecule has 3 rings (SSSR count). The Morgan fingerprint density at radius 1 is 1.29 bits per heavy atom. The molecule has 0 radical (unpaired) electrons. The zero-order chi connectivity index (χ0) is 17.3. The topological polar surface area (TPSA) is 73.7 Å². The highest BCUT2D eigenvalue weighted by Crippen LogP contribution is 2.24. The number of nitrogens with zero attached hydrogens (tertiary/aromatic N) is 3. The van der Waals surface area contributed by atoms with E-state index in [4.69, 9.17) is 11.6 Å². The molecular formula is C17H16ClN3O3. The summed E-state index contributed by atoms with van der Waals surface area (Å²) in [6.07, 6.45) is 1.43. The molecule has 2 aromatic rings. The van der Waals surface area contributed by atoms with E-state index in [-0.39, 0.29) is 29.9 Å². The van der Waals surface area contributed by atoms with Gasteiger partial charge in [-0.05, 0) is 43.3 Å². The van der Waals surface area contributed by atoms with Crippen LogP contribution in [0.1, 0.15) is 17.4 Å². The number of aromatic hydroxyl groups is 1. The second-order valence-electron chi connectivity index (χ2n) is 5.63. The molecular weight excluding hydrogens is 330 g/mol. The summed E-state index contributed by atoms with van der Waals surface area (Å²) in [6, 6.07) is 9.71. The molecule has 1 saturated heterocycles. The molecule has 2 amide bonds. The van der Waals surface area contributed by atoms with Gasteiger partial charge in [-0.25, -0.2) is 4.98 Å². The minimum Gasteiger partial charge on any atom is -0.505 e. The Kier molecular flexibility index (Phi) is 4.40. The van der Waals surface area contributed by atoms with Gasteiger partial charge in [-0.3, -0.25) is 9.59 Å². The van der Waals surface area contributed by atoms with E-state index in [2.05, 4.69) is 4.98 Å². The van der Waals surface area contributed by atoms with E-state index in [9.17, 15) is 14.7 Å². The van der Waals surface area contributed by atoms with E-state index < -0.39 is 5.91 Å². The van der Waals surface area contributed by atoms with Crippen molar-refractivity contribution in [2.75, 3.05) is 18.0 Å². The first-order valence-electron chi connectivity index (χ1n) is 7.48. The van der Waals surface area contributed by atoms with Crippen molar-refractivity contribution in [1.82, 2.24) is 9.88 Å². The summed E-state index contributed by atoms with van der Waals surface area (Å²) < 4.78 is 0. The van der Waals surface area contributed by atoms with E-state index in [0.717, 1.165) is 5.69 Å². The highest BCUT2D eigenvalue weighted by Gasteiger charge is 2.34. The Hall–Kier alpha value is -2.60. The van der Waals surface area contributed by atoms with Crippen LogP contribution in [0.15, 0.2) is 42.6 Å². The number of amides is 2. The number of anilines is 1. The van der Waals surface area contributed by atoms with E-state index >= 15 is 0 Å². The highest BCUT2D eigenvalue weighted by molar-refractivity contribution is 6.30. The van der Waals surface area contributed by atoms with Crippen molar-refractivity contribution in [3.63, 3.8) is 0 Å². The number of pyridine rings is 1. The van der Waals surface area contributed by atoms with Crippen LogP contribution < -0.4 is 4.90 Å². The van der Waals surface area contributed by atoms with Gasteiger partial charge in [0.2, 0.25) is 5.91 Å². The van der Waals surface area contributed by atoms with Crippen LogP contribution in [0.25, 0.3) is 0 Å². The molecule has 7 heteroatoms. The average Bonchev–Trinajstić information content (AvgIpc) is 2.57. The number of carbonyl (C=O) groups is 2. The minimum atomic E-state index is -0.454. The zero-order valence-corrected chi connectivity index (χ0v) is 13.8.